The third-order valence-corrected chi connectivity index (χ3v) is 5.06. The van der Waals surface area contributed by atoms with E-state index in [2.05, 4.69) is 20.1 Å². The van der Waals surface area contributed by atoms with Crippen LogP contribution in [-0.4, -0.2) is 66.4 Å². The number of piperazine rings is 1. The van der Waals surface area contributed by atoms with Crippen molar-refractivity contribution < 1.29 is 14.3 Å². The van der Waals surface area contributed by atoms with E-state index in [4.69, 9.17) is 9.47 Å². The Bertz CT molecular complexity index is 981. The second-order valence-electron chi connectivity index (χ2n) is 6.73. The van der Waals surface area contributed by atoms with Gasteiger partial charge in [0, 0.05) is 55.8 Å². The molecule has 3 heterocycles. The minimum absolute atomic E-state index is 0.0105. The average molecular weight is 393 g/mol. The van der Waals surface area contributed by atoms with E-state index in [1.165, 1.54) is 0 Å². The number of aromatic nitrogens is 3. The number of nitrogens with zero attached hydrogens (tertiary/aromatic N) is 4. The van der Waals surface area contributed by atoms with Crippen LogP contribution >= 0.6 is 0 Å². The van der Waals surface area contributed by atoms with Crippen LogP contribution in [0.15, 0.2) is 48.8 Å². The van der Waals surface area contributed by atoms with Gasteiger partial charge in [0.25, 0.3) is 5.91 Å². The molecule has 1 aliphatic heterocycles. The molecule has 0 saturated carbocycles. The Morgan fingerprint density at radius 3 is 2.52 bits per heavy atom. The second kappa shape index (κ2) is 8.22. The standard InChI is InChI=1S/C21H23N5O3/c1-28-18-6-5-15(12-19(18)29-2)21(27)26-10-8-25(9-11-26)20-13-17(23-24-20)16-4-3-7-22-14-16/h3-7,12-14H,8-11H2,1-2H3,(H,23,24). The number of carbonyl (C=O) groups excluding carboxylic acids is 1. The van der Waals surface area contributed by atoms with Crippen molar-refractivity contribution in [2.24, 2.45) is 0 Å². The number of amides is 1. The van der Waals surface area contributed by atoms with Gasteiger partial charge in [0.1, 0.15) is 0 Å². The minimum Gasteiger partial charge on any atom is -0.493 e. The Balaban J connectivity index is 1.41. The number of aromatic amines is 1. The third-order valence-electron chi connectivity index (χ3n) is 5.06. The van der Waals surface area contributed by atoms with Crippen molar-refractivity contribution in [3.63, 3.8) is 0 Å². The molecule has 4 rings (SSSR count). The zero-order valence-corrected chi connectivity index (χ0v) is 16.5. The first kappa shape index (κ1) is 18.8. The van der Waals surface area contributed by atoms with Gasteiger partial charge >= 0.3 is 0 Å². The molecular formula is C21H23N5O3. The number of methoxy groups -OCH3 is 2. The number of pyridine rings is 1. The summed E-state index contributed by atoms with van der Waals surface area (Å²) in [7, 11) is 3.14. The topological polar surface area (TPSA) is 83.6 Å². The summed E-state index contributed by atoms with van der Waals surface area (Å²) in [5, 5.41) is 7.49. The van der Waals surface area contributed by atoms with Crippen molar-refractivity contribution in [2.75, 3.05) is 45.3 Å². The molecule has 150 valence electrons. The molecule has 1 saturated heterocycles. The maximum Gasteiger partial charge on any atom is 0.254 e. The summed E-state index contributed by atoms with van der Waals surface area (Å²) in [6.07, 6.45) is 3.55. The molecule has 0 spiro atoms. The van der Waals surface area contributed by atoms with Crippen LogP contribution in [0.1, 0.15) is 10.4 Å². The van der Waals surface area contributed by atoms with E-state index >= 15 is 0 Å². The normalized spacial score (nSPS) is 14.0. The van der Waals surface area contributed by atoms with Gasteiger partial charge in [0.05, 0.1) is 19.9 Å². The van der Waals surface area contributed by atoms with Crippen LogP contribution < -0.4 is 14.4 Å². The van der Waals surface area contributed by atoms with E-state index in [0.717, 1.165) is 30.2 Å². The Labute approximate surface area is 169 Å². The van der Waals surface area contributed by atoms with Gasteiger partial charge in [-0.2, -0.15) is 5.10 Å². The third kappa shape index (κ3) is 3.87. The lowest BCUT2D eigenvalue weighted by Gasteiger charge is -2.34. The molecule has 0 unspecified atom stereocenters. The predicted molar refractivity (Wildman–Crippen MR) is 109 cm³/mol. The minimum atomic E-state index is -0.0105. The number of hydrogen-bond acceptors (Lipinski definition) is 6. The van der Waals surface area contributed by atoms with Gasteiger partial charge in [-0.1, -0.05) is 0 Å². The Morgan fingerprint density at radius 1 is 1.03 bits per heavy atom. The first-order valence-electron chi connectivity index (χ1n) is 9.41. The summed E-state index contributed by atoms with van der Waals surface area (Å²) in [6, 6.07) is 11.2. The van der Waals surface area contributed by atoms with E-state index < -0.39 is 0 Å². The maximum atomic E-state index is 12.9. The molecule has 1 N–H and O–H groups in total. The molecule has 3 aromatic rings. The van der Waals surface area contributed by atoms with Gasteiger partial charge in [-0.3, -0.25) is 14.9 Å². The largest absolute Gasteiger partial charge is 0.493 e. The van der Waals surface area contributed by atoms with Crippen molar-refractivity contribution in [1.82, 2.24) is 20.1 Å². The summed E-state index contributed by atoms with van der Waals surface area (Å²) in [5.41, 5.74) is 2.51. The molecule has 0 aliphatic carbocycles. The first-order chi connectivity index (χ1) is 14.2. The zero-order valence-electron chi connectivity index (χ0n) is 16.5. The van der Waals surface area contributed by atoms with Gasteiger partial charge in [0.2, 0.25) is 0 Å². The van der Waals surface area contributed by atoms with Gasteiger partial charge < -0.3 is 19.3 Å². The molecule has 1 amide bonds. The van der Waals surface area contributed by atoms with Crippen LogP contribution in [0.25, 0.3) is 11.3 Å². The quantitative estimate of drug-likeness (QED) is 0.717. The highest BCUT2D eigenvalue weighted by atomic mass is 16.5. The van der Waals surface area contributed by atoms with Crippen LogP contribution in [0, 0.1) is 0 Å². The van der Waals surface area contributed by atoms with Gasteiger partial charge in [-0.15, -0.1) is 0 Å². The second-order valence-corrected chi connectivity index (χ2v) is 6.73. The molecule has 1 fully saturated rings. The van der Waals surface area contributed by atoms with Crippen LogP contribution in [0.2, 0.25) is 0 Å². The lowest BCUT2D eigenvalue weighted by molar-refractivity contribution is 0.0746. The van der Waals surface area contributed by atoms with Crippen LogP contribution in [0.3, 0.4) is 0 Å². The number of nitrogens with one attached hydrogen (secondary N) is 1. The first-order valence-corrected chi connectivity index (χ1v) is 9.41. The Kier molecular flexibility index (Phi) is 5.33. The predicted octanol–water partition coefficient (Wildman–Crippen LogP) is 2.45. The average Bonchev–Trinajstić information content (AvgIpc) is 3.29. The van der Waals surface area contributed by atoms with Gasteiger partial charge in [-0.25, -0.2) is 0 Å². The van der Waals surface area contributed by atoms with E-state index in [1.807, 2.05) is 23.1 Å². The number of anilines is 1. The highest BCUT2D eigenvalue weighted by molar-refractivity contribution is 5.95. The SMILES string of the molecule is COc1ccc(C(=O)N2CCN(c3cc(-c4cccnc4)[nH]n3)CC2)cc1OC. The van der Waals surface area contributed by atoms with Crippen molar-refractivity contribution >= 4 is 11.7 Å². The molecule has 8 heteroatoms. The van der Waals surface area contributed by atoms with E-state index in [0.29, 0.717) is 30.2 Å². The van der Waals surface area contributed by atoms with Crippen molar-refractivity contribution in [3.8, 4) is 22.8 Å². The monoisotopic (exact) mass is 393 g/mol. The fourth-order valence-corrected chi connectivity index (χ4v) is 3.43. The highest BCUT2D eigenvalue weighted by Crippen LogP contribution is 2.28. The molecule has 29 heavy (non-hydrogen) atoms. The zero-order chi connectivity index (χ0) is 20.2. The lowest BCUT2D eigenvalue weighted by atomic mass is 10.1. The van der Waals surface area contributed by atoms with Gasteiger partial charge in [-0.05, 0) is 30.3 Å². The van der Waals surface area contributed by atoms with Crippen LogP contribution in [0.5, 0.6) is 11.5 Å². The lowest BCUT2D eigenvalue weighted by Crippen LogP contribution is -2.48. The molecular weight excluding hydrogens is 370 g/mol. The summed E-state index contributed by atoms with van der Waals surface area (Å²) < 4.78 is 10.6. The fourth-order valence-electron chi connectivity index (χ4n) is 3.43. The van der Waals surface area contributed by atoms with Gasteiger partial charge in [0.15, 0.2) is 17.3 Å². The molecule has 1 aromatic carbocycles. The summed E-state index contributed by atoms with van der Waals surface area (Å²) >= 11 is 0. The van der Waals surface area contributed by atoms with Crippen LogP contribution in [0.4, 0.5) is 5.82 Å². The number of ether oxygens (including phenoxy) is 2. The molecule has 0 radical (unpaired) electrons. The van der Waals surface area contributed by atoms with E-state index in [-0.39, 0.29) is 5.91 Å². The smallest absolute Gasteiger partial charge is 0.254 e. The van der Waals surface area contributed by atoms with Crippen LogP contribution in [-0.2, 0) is 0 Å². The summed E-state index contributed by atoms with van der Waals surface area (Å²) in [6.45, 7) is 2.69. The number of benzene rings is 1. The van der Waals surface area contributed by atoms with Crippen molar-refractivity contribution in [1.29, 1.82) is 0 Å². The fraction of sp³-hybridized carbons (Fsp3) is 0.286. The van der Waals surface area contributed by atoms with E-state index in [1.54, 1.807) is 44.8 Å². The molecule has 8 nitrogen and oxygen atoms in total. The summed E-state index contributed by atoms with van der Waals surface area (Å²) in [4.78, 5) is 21.1. The number of rotatable bonds is 5. The summed E-state index contributed by atoms with van der Waals surface area (Å²) in [5.74, 6) is 2.03. The number of carbonyl (C=O) groups is 1. The Morgan fingerprint density at radius 2 is 1.83 bits per heavy atom. The maximum absolute atomic E-state index is 12.9. The molecule has 2 aromatic heterocycles. The van der Waals surface area contributed by atoms with Crippen molar-refractivity contribution in [2.45, 2.75) is 0 Å². The highest BCUT2D eigenvalue weighted by Gasteiger charge is 2.24. The van der Waals surface area contributed by atoms with E-state index in [9.17, 15) is 4.79 Å². The number of hydrogen-bond donors (Lipinski definition) is 1. The molecule has 0 bridgehead atoms. The number of H-pyrrole nitrogens is 1. The van der Waals surface area contributed by atoms with Crippen molar-refractivity contribution in [3.05, 3.63) is 54.4 Å². The molecule has 0 atom stereocenters. The molecule has 1 aliphatic rings. The Hall–Kier alpha value is -3.55.